The minimum Gasteiger partial charge on any atom is -0.478 e. The van der Waals surface area contributed by atoms with Gasteiger partial charge in [0.05, 0.1) is 29.8 Å². The highest BCUT2D eigenvalue weighted by molar-refractivity contribution is 6.61. The van der Waals surface area contributed by atoms with E-state index in [4.69, 9.17) is 19.5 Å². The molecule has 2 aromatic carbocycles. The quantitative estimate of drug-likeness (QED) is 0.467. The molecule has 0 radical (unpaired) electrons. The van der Waals surface area contributed by atoms with Gasteiger partial charge in [0.25, 0.3) is 5.69 Å². The summed E-state index contributed by atoms with van der Waals surface area (Å²) in [6, 6.07) is 12.5. The lowest BCUT2D eigenvalue weighted by Gasteiger charge is -2.06. The number of hydrogen-bond donors (Lipinski definition) is 2. The predicted octanol–water partition coefficient (Wildman–Crippen LogP) is 1.73. The van der Waals surface area contributed by atoms with Gasteiger partial charge in [-0.2, -0.15) is 0 Å². The second kappa shape index (κ2) is 9.63. The zero-order valence-electron chi connectivity index (χ0n) is 14.4. The maximum absolute atomic E-state index is 10.3. The minimum absolute atomic E-state index is 0.00123. The molecule has 1 aliphatic heterocycles. The molecule has 8 nitrogen and oxygen atoms in total. The Morgan fingerprint density at radius 1 is 1.26 bits per heavy atom. The average Bonchev–Trinajstić information content (AvgIpc) is 3.18. The minimum atomic E-state index is -1.09. The Bertz CT molecular complexity index is 759. The fourth-order valence-electron chi connectivity index (χ4n) is 2.23. The van der Waals surface area contributed by atoms with Gasteiger partial charge in [0, 0.05) is 12.1 Å². The molecule has 1 unspecified atom stereocenters. The second-order valence-corrected chi connectivity index (χ2v) is 5.59. The van der Waals surface area contributed by atoms with E-state index >= 15 is 0 Å². The summed E-state index contributed by atoms with van der Waals surface area (Å²) < 4.78 is 10.9. The summed E-state index contributed by atoms with van der Waals surface area (Å²) in [6.45, 7) is 4.14. The molecule has 1 heterocycles. The van der Waals surface area contributed by atoms with E-state index in [1.54, 1.807) is 6.08 Å². The number of carboxylic acid groups (broad SMARTS) is 1. The summed E-state index contributed by atoms with van der Waals surface area (Å²) >= 11 is 0. The Kier molecular flexibility index (Phi) is 7.24. The molecule has 1 aliphatic rings. The number of aliphatic hydroxyl groups excluding tert-OH is 1. The van der Waals surface area contributed by atoms with Crippen molar-refractivity contribution in [3.63, 3.8) is 0 Å². The van der Waals surface area contributed by atoms with E-state index < -0.39 is 10.9 Å². The van der Waals surface area contributed by atoms with Gasteiger partial charge in [0.1, 0.15) is 0 Å². The van der Waals surface area contributed by atoms with Crippen molar-refractivity contribution in [1.29, 1.82) is 0 Å². The van der Waals surface area contributed by atoms with Crippen molar-refractivity contribution in [3.8, 4) is 0 Å². The Morgan fingerprint density at radius 3 is 2.33 bits per heavy atom. The van der Waals surface area contributed by atoms with Crippen molar-refractivity contribution in [3.05, 3.63) is 76.4 Å². The van der Waals surface area contributed by atoms with Crippen LogP contribution in [-0.2, 0) is 9.31 Å². The van der Waals surface area contributed by atoms with Crippen LogP contribution in [0.2, 0.25) is 0 Å². The summed E-state index contributed by atoms with van der Waals surface area (Å²) in [5, 5.41) is 27.5. The van der Waals surface area contributed by atoms with E-state index in [0.29, 0.717) is 6.61 Å². The average molecular weight is 371 g/mol. The highest BCUT2D eigenvalue weighted by atomic mass is 16.6. The van der Waals surface area contributed by atoms with Gasteiger partial charge in [-0.05, 0) is 23.2 Å². The fraction of sp³-hybridized carbons (Fsp3) is 0.167. The number of nitro benzene ring substituents is 1. The Balaban J connectivity index is 0.000000199. The Labute approximate surface area is 156 Å². The molecular formula is C18H18BNO7. The monoisotopic (exact) mass is 371 g/mol. The predicted molar refractivity (Wildman–Crippen MR) is 99.9 cm³/mol. The van der Waals surface area contributed by atoms with Crippen molar-refractivity contribution >= 4 is 30.3 Å². The molecule has 2 aromatic rings. The van der Waals surface area contributed by atoms with Crippen molar-refractivity contribution in [1.82, 2.24) is 0 Å². The zero-order chi connectivity index (χ0) is 19.8. The summed E-state index contributed by atoms with van der Waals surface area (Å²) in [7, 11) is -0.346. The fourth-order valence-corrected chi connectivity index (χ4v) is 2.23. The molecule has 0 spiro atoms. The molecule has 9 heteroatoms. The second-order valence-electron chi connectivity index (χ2n) is 5.59. The number of nitrogens with zero attached hydrogens (tertiary/aromatic N) is 1. The third-order valence-corrected chi connectivity index (χ3v) is 3.72. The van der Waals surface area contributed by atoms with Crippen LogP contribution >= 0.6 is 0 Å². The smallest absolute Gasteiger partial charge is 0.478 e. The summed E-state index contributed by atoms with van der Waals surface area (Å²) in [5.74, 6) is -1.09. The van der Waals surface area contributed by atoms with Crippen LogP contribution in [0.5, 0.6) is 0 Å². The van der Waals surface area contributed by atoms with Crippen molar-refractivity contribution in [2.75, 3.05) is 13.2 Å². The lowest BCUT2D eigenvalue weighted by Crippen LogP contribution is -2.32. The standard InChI is InChI=1S/C11H13BO3.C7H5NO4/c1-2-9-3-5-10(6-4-9)12-14-8-11(7-13)15-12;9-7(10)5-1-3-6(4-2-5)8(11)12/h2-6,11,13H,1,7-8H2;1-4H,(H,9,10). The first-order valence-electron chi connectivity index (χ1n) is 8.02. The largest absolute Gasteiger partial charge is 0.494 e. The molecule has 140 valence electrons. The maximum atomic E-state index is 10.3. The Morgan fingerprint density at radius 2 is 1.89 bits per heavy atom. The van der Waals surface area contributed by atoms with Gasteiger partial charge in [-0.15, -0.1) is 0 Å². The van der Waals surface area contributed by atoms with E-state index in [-0.39, 0.29) is 31.1 Å². The van der Waals surface area contributed by atoms with Crippen LogP contribution in [0.15, 0.2) is 55.1 Å². The van der Waals surface area contributed by atoms with E-state index in [1.807, 2.05) is 24.3 Å². The van der Waals surface area contributed by atoms with Crippen LogP contribution in [0.25, 0.3) is 6.08 Å². The van der Waals surface area contributed by atoms with Crippen LogP contribution in [0.1, 0.15) is 15.9 Å². The topological polar surface area (TPSA) is 119 Å². The first kappa shape index (κ1) is 20.3. The zero-order valence-corrected chi connectivity index (χ0v) is 14.4. The number of hydrogen-bond acceptors (Lipinski definition) is 6. The summed E-state index contributed by atoms with van der Waals surface area (Å²) in [4.78, 5) is 19.9. The van der Waals surface area contributed by atoms with Gasteiger partial charge in [-0.1, -0.05) is 36.9 Å². The van der Waals surface area contributed by atoms with Crippen LogP contribution in [-0.4, -0.2) is 47.5 Å². The van der Waals surface area contributed by atoms with Gasteiger partial charge in [-0.3, -0.25) is 10.1 Å². The Hall–Kier alpha value is -3.01. The first-order valence-corrected chi connectivity index (χ1v) is 8.02. The highest BCUT2D eigenvalue weighted by Gasteiger charge is 2.32. The van der Waals surface area contributed by atoms with Crippen LogP contribution in [0.4, 0.5) is 5.69 Å². The molecule has 1 atom stereocenters. The van der Waals surface area contributed by atoms with Gasteiger partial charge in [0.15, 0.2) is 0 Å². The van der Waals surface area contributed by atoms with Crippen molar-refractivity contribution in [2.45, 2.75) is 6.10 Å². The van der Waals surface area contributed by atoms with E-state index in [9.17, 15) is 14.9 Å². The number of carboxylic acids is 1. The number of carbonyl (C=O) groups is 1. The van der Waals surface area contributed by atoms with Crippen molar-refractivity contribution in [2.24, 2.45) is 0 Å². The van der Waals surface area contributed by atoms with Crippen LogP contribution < -0.4 is 5.46 Å². The number of benzene rings is 2. The highest BCUT2D eigenvalue weighted by Crippen LogP contribution is 2.11. The normalized spacial score (nSPS) is 15.6. The third kappa shape index (κ3) is 5.75. The third-order valence-electron chi connectivity index (χ3n) is 3.72. The van der Waals surface area contributed by atoms with Crippen LogP contribution in [0, 0.1) is 10.1 Å². The van der Waals surface area contributed by atoms with Gasteiger partial charge in [0.2, 0.25) is 0 Å². The van der Waals surface area contributed by atoms with Crippen LogP contribution in [0.3, 0.4) is 0 Å². The molecule has 0 amide bonds. The van der Waals surface area contributed by atoms with Gasteiger partial charge < -0.3 is 19.5 Å². The molecule has 1 fully saturated rings. The molecule has 0 aromatic heterocycles. The van der Waals surface area contributed by atoms with E-state index in [1.165, 1.54) is 12.1 Å². The lowest BCUT2D eigenvalue weighted by atomic mass is 9.79. The summed E-state index contributed by atoms with van der Waals surface area (Å²) in [5.41, 5.74) is 1.97. The number of aliphatic hydroxyl groups is 1. The summed E-state index contributed by atoms with van der Waals surface area (Å²) in [6.07, 6.45) is 1.59. The van der Waals surface area contributed by atoms with E-state index in [2.05, 4.69) is 6.58 Å². The molecular weight excluding hydrogens is 353 g/mol. The lowest BCUT2D eigenvalue weighted by molar-refractivity contribution is -0.384. The van der Waals surface area contributed by atoms with Gasteiger partial charge >= 0.3 is 13.1 Å². The molecule has 0 bridgehead atoms. The first-order chi connectivity index (χ1) is 12.9. The number of non-ortho nitro benzene ring substituents is 1. The number of aromatic carboxylic acids is 1. The molecule has 27 heavy (non-hydrogen) atoms. The molecule has 0 aliphatic carbocycles. The van der Waals surface area contributed by atoms with E-state index in [0.717, 1.165) is 23.2 Å². The molecule has 1 saturated heterocycles. The molecule has 0 saturated carbocycles. The molecule has 2 N–H and O–H groups in total. The molecule has 3 rings (SSSR count). The SMILES string of the molecule is C=Cc1ccc(B2OCC(CO)O2)cc1.O=C(O)c1ccc([N+](=O)[O-])cc1. The van der Waals surface area contributed by atoms with Crippen molar-refractivity contribution < 1.29 is 29.2 Å². The number of rotatable bonds is 5. The van der Waals surface area contributed by atoms with Gasteiger partial charge in [-0.25, -0.2) is 4.79 Å². The maximum Gasteiger partial charge on any atom is 0.494 e. The number of nitro groups is 1.